The molecule has 0 radical (unpaired) electrons. The number of primary amides is 1. The first kappa shape index (κ1) is 18.3. The molecule has 1 saturated heterocycles. The van der Waals surface area contributed by atoms with E-state index in [1.54, 1.807) is 4.90 Å². The summed E-state index contributed by atoms with van der Waals surface area (Å²) < 4.78 is 0. The smallest absolute Gasteiger partial charge is 0.234 e. The number of benzene rings is 1. The average Bonchev–Trinajstić information content (AvgIpc) is 3.01. The van der Waals surface area contributed by atoms with Crippen molar-refractivity contribution in [2.75, 3.05) is 37.6 Å². The van der Waals surface area contributed by atoms with Crippen molar-refractivity contribution in [3.05, 3.63) is 30.3 Å². The second kappa shape index (κ2) is 8.68. The Morgan fingerprint density at radius 2 is 2.00 bits per heavy atom. The van der Waals surface area contributed by atoms with E-state index >= 15 is 0 Å². The summed E-state index contributed by atoms with van der Waals surface area (Å²) in [5.74, 6) is -0.00768. The van der Waals surface area contributed by atoms with Gasteiger partial charge >= 0.3 is 0 Å². The summed E-state index contributed by atoms with van der Waals surface area (Å²) in [6, 6.07) is 10.4. The first-order valence-corrected chi connectivity index (χ1v) is 8.54. The van der Waals surface area contributed by atoms with Crippen molar-refractivity contribution >= 4 is 17.5 Å². The predicted octanol–water partition coefficient (Wildman–Crippen LogP) is 0.825. The molecule has 1 aromatic rings. The van der Waals surface area contributed by atoms with Crippen LogP contribution < -0.4 is 16.0 Å². The Bertz CT molecular complexity index is 547. The Kier molecular flexibility index (Phi) is 6.61. The van der Waals surface area contributed by atoms with Gasteiger partial charge in [-0.3, -0.25) is 14.5 Å². The van der Waals surface area contributed by atoms with E-state index in [4.69, 9.17) is 5.73 Å². The molecule has 24 heavy (non-hydrogen) atoms. The third-order valence-electron chi connectivity index (χ3n) is 4.43. The Balaban J connectivity index is 1.75. The highest BCUT2D eigenvalue weighted by atomic mass is 16.2. The Hall–Kier alpha value is -2.08. The molecule has 2 amide bonds. The molecule has 0 aromatic heterocycles. The van der Waals surface area contributed by atoms with Crippen LogP contribution in [0.25, 0.3) is 0 Å². The second-order valence-electron chi connectivity index (χ2n) is 6.71. The molecule has 1 aromatic carbocycles. The van der Waals surface area contributed by atoms with Crippen molar-refractivity contribution in [3.63, 3.8) is 0 Å². The van der Waals surface area contributed by atoms with E-state index in [2.05, 4.69) is 22.3 Å². The number of para-hydroxylation sites is 1. The number of hydrogen-bond donors (Lipinski definition) is 2. The lowest BCUT2D eigenvalue weighted by Crippen LogP contribution is -2.45. The number of carbonyl (C=O) groups is 2. The lowest BCUT2D eigenvalue weighted by Gasteiger charge is -2.24. The van der Waals surface area contributed by atoms with Gasteiger partial charge in [0.05, 0.1) is 13.1 Å². The third-order valence-corrected chi connectivity index (χ3v) is 4.43. The third kappa shape index (κ3) is 5.53. The van der Waals surface area contributed by atoms with Crippen LogP contribution in [0.5, 0.6) is 0 Å². The van der Waals surface area contributed by atoms with Gasteiger partial charge < -0.3 is 16.0 Å². The van der Waals surface area contributed by atoms with E-state index in [9.17, 15) is 9.59 Å². The lowest BCUT2D eigenvalue weighted by atomic mass is 10.1. The van der Waals surface area contributed by atoms with E-state index in [0.29, 0.717) is 12.5 Å². The van der Waals surface area contributed by atoms with Crippen LogP contribution in [0.4, 0.5) is 5.69 Å². The first-order chi connectivity index (χ1) is 11.5. The summed E-state index contributed by atoms with van der Waals surface area (Å²) in [4.78, 5) is 27.3. The van der Waals surface area contributed by atoms with Crippen molar-refractivity contribution in [1.82, 2.24) is 10.2 Å². The maximum atomic E-state index is 12.1. The van der Waals surface area contributed by atoms with Gasteiger partial charge in [-0.05, 0) is 38.3 Å². The molecule has 1 unspecified atom stereocenters. The van der Waals surface area contributed by atoms with E-state index in [-0.39, 0.29) is 25.0 Å². The van der Waals surface area contributed by atoms with E-state index in [1.807, 2.05) is 32.0 Å². The molecule has 1 heterocycles. The summed E-state index contributed by atoms with van der Waals surface area (Å²) in [5.41, 5.74) is 6.47. The number of nitrogens with two attached hydrogens (primary N) is 1. The summed E-state index contributed by atoms with van der Waals surface area (Å²) in [6.45, 7) is 6.86. The molecular formula is C18H28N4O2. The van der Waals surface area contributed by atoms with Crippen LogP contribution in [0, 0.1) is 5.92 Å². The van der Waals surface area contributed by atoms with Gasteiger partial charge in [-0.25, -0.2) is 0 Å². The van der Waals surface area contributed by atoms with Crippen molar-refractivity contribution < 1.29 is 9.59 Å². The molecule has 0 spiro atoms. The topological polar surface area (TPSA) is 78.7 Å². The number of nitrogens with one attached hydrogen (secondary N) is 1. The molecule has 3 N–H and O–H groups in total. The SMILES string of the molecule is CC(C)N(CC(N)=O)CC(=O)NCC1CCN(c2ccccc2)C1. The van der Waals surface area contributed by atoms with Crippen molar-refractivity contribution in [3.8, 4) is 0 Å². The zero-order valence-electron chi connectivity index (χ0n) is 14.6. The van der Waals surface area contributed by atoms with E-state index in [0.717, 1.165) is 19.5 Å². The van der Waals surface area contributed by atoms with Gasteiger partial charge in [0.1, 0.15) is 0 Å². The van der Waals surface area contributed by atoms with Crippen molar-refractivity contribution in [2.45, 2.75) is 26.3 Å². The number of rotatable bonds is 8. The number of carbonyl (C=O) groups excluding carboxylic acids is 2. The molecule has 1 aliphatic rings. The van der Waals surface area contributed by atoms with Crippen LogP contribution in [-0.4, -0.2) is 55.5 Å². The summed E-state index contributed by atoms with van der Waals surface area (Å²) in [6.07, 6.45) is 1.07. The van der Waals surface area contributed by atoms with Gasteiger partial charge in [0.15, 0.2) is 0 Å². The largest absolute Gasteiger partial charge is 0.371 e. The van der Waals surface area contributed by atoms with Crippen LogP contribution in [-0.2, 0) is 9.59 Å². The fourth-order valence-corrected chi connectivity index (χ4v) is 2.99. The molecular weight excluding hydrogens is 304 g/mol. The highest BCUT2D eigenvalue weighted by Crippen LogP contribution is 2.22. The minimum Gasteiger partial charge on any atom is -0.371 e. The van der Waals surface area contributed by atoms with Gasteiger partial charge in [-0.1, -0.05) is 18.2 Å². The Morgan fingerprint density at radius 3 is 2.62 bits per heavy atom. The van der Waals surface area contributed by atoms with E-state index in [1.165, 1.54) is 5.69 Å². The molecule has 1 fully saturated rings. The predicted molar refractivity (Wildman–Crippen MR) is 95.7 cm³/mol. The maximum absolute atomic E-state index is 12.1. The highest BCUT2D eigenvalue weighted by Gasteiger charge is 2.23. The van der Waals surface area contributed by atoms with Gasteiger partial charge in [-0.2, -0.15) is 0 Å². The normalized spacial score (nSPS) is 17.5. The second-order valence-corrected chi connectivity index (χ2v) is 6.71. The minimum absolute atomic E-state index is 0.0527. The molecule has 6 heteroatoms. The molecule has 0 aliphatic carbocycles. The lowest BCUT2D eigenvalue weighted by molar-refractivity contribution is -0.124. The maximum Gasteiger partial charge on any atom is 0.234 e. The molecule has 6 nitrogen and oxygen atoms in total. The zero-order chi connectivity index (χ0) is 17.5. The highest BCUT2D eigenvalue weighted by molar-refractivity contribution is 5.80. The quantitative estimate of drug-likeness (QED) is 0.739. The zero-order valence-corrected chi connectivity index (χ0v) is 14.6. The van der Waals surface area contributed by atoms with Crippen LogP contribution in [0.15, 0.2) is 30.3 Å². The van der Waals surface area contributed by atoms with Crippen LogP contribution in [0.1, 0.15) is 20.3 Å². The number of anilines is 1. The van der Waals surface area contributed by atoms with Crippen LogP contribution >= 0.6 is 0 Å². The Morgan fingerprint density at radius 1 is 1.29 bits per heavy atom. The first-order valence-electron chi connectivity index (χ1n) is 8.54. The van der Waals surface area contributed by atoms with Gasteiger partial charge in [0.2, 0.25) is 11.8 Å². The Labute approximate surface area is 144 Å². The summed E-state index contributed by atoms with van der Waals surface area (Å²) in [5, 5.41) is 3.00. The monoisotopic (exact) mass is 332 g/mol. The van der Waals surface area contributed by atoms with Gasteiger partial charge in [0.25, 0.3) is 0 Å². The average molecular weight is 332 g/mol. The van der Waals surface area contributed by atoms with Crippen LogP contribution in [0.2, 0.25) is 0 Å². The molecule has 0 bridgehead atoms. The van der Waals surface area contributed by atoms with Crippen molar-refractivity contribution in [1.29, 1.82) is 0 Å². The molecule has 132 valence electrons. The minimum atomic E-state index is -0.411. The number of amides is 2. The molecule has 1 atom stereocenters. The standard InChI is InChI=1S/C18H28N4O2/c1-14(2)22(12-17(19)23)13-18(24)20-10-15-8-9-21(11-15)16-6-4-3-5-7-16/h3-7,14-15H,8-13H2,1-2H3,(H2,19,23)(H,20,24). The molecule has 0 saturated carbocycles. The molecule has 2 rings (SSSR count). The fraction of sp³-hybridized carbons (Fsp3) is 0.556. The van der Waals surface area contributed by atoms with Crippen LogP contribution in [0.3, 0.4) is 0 Å². The van der Waals surface area contributed by atoms with Gasteiger partial charge in [0, 0.05) is 31.4 Å². The van der Waals surface area contributed by atoms with E-state index < -0.39 is 5.91 Å². The van der Waals surface area contributed by atoms with Crippen molar-refractivity contribution in [2.24, 2.45) is 11.7 Å². The van der Waals surface area contributed by atoms with Gasteiger partial charge in [-0.15, -0.1) is 0 Å². The summed E-state index contributed by atoms with van der Waals surface area (Å²) in [7, 11) is 0. The molecule has 1 aliphatic heterocycles. The summed E-state index contributed by atoms with van der Waals surface area (Å²) >= 11 is 0. The number of hydrogen-bond acceptors (Lipinski definition) is 4. The number of nitrogens with zero attached hydrogens (tertiary/aromatic N) is 2. The fourth-order valence-electron chi connectivity index (χ4n) is 2.99.